The number of fused-ring (bicyclic) bond motifs is 2. The molecule has 1 aromatic carbocycles. The Hall–Kier alpha value is -1.80. The molecule has 4 rings (SSSR count). The lowest BCUT2D eigenvalue weighted by Crippen LogP contribution is -2.30. The van der Waals surface area contributed by atoms with Crippen LogP contribution in [0.3, 0.4) is 0 Å². The van der Waals surface area contributed by atoms with E-state index in [9.17, 15) is 5.11 Å². The van der Waals surface area contributed by atoms with Crippen molar-refractivity contribution in [2.24, 2.45) is 0 Å². The molecule has 1 fully saturated rings. The predicted molar refractivity (Wildman–Crippen MR) is 101 cm³/mol. The van der Waals surface area contributed by atoms with Crippen LogP contribution in [0.25, 0.3) is 5.57 Å². The van der Waals surface area contributed by atoms with Gasteiger partial charge < -0.3 is 10.0 Å². The van der Waals surface area contributed by atoms with Gasteiger partial charge in [-0.05, 0) is 66.2 Å². The van der Waals surface area contributed by atoms with E-state index in [0.29, 0.717) is 0 Å². The molecule has 1 N–H and O–H groups in total. The molecule has 3 aliphatic rings. The second kappa shape index (κ2) is 5.63. The maximum atomic E-state index is 10.5. The fourth-order valence-corrected chi connectivity index (χ4v) is 4.59. The predicted octanol–water partition coefficient (Wildman–Crippen LogP) is 4.60. The molecule has 0 spiro atoms. The third kappa shape index (κ3) is 2.28. The molecule has 1 unspecified atom stereocenters. The minimum absolute atomic E-state index is 0.0243. The van der Waals surface area contributed by atoms with Crippen LogP contribution in [0, 0.1) is 0 Å². The molecule has 1 heterocycles. The molecule has 1 aromatic rings. The Bertz CT molecular complexity index is 758. The Labute approximate surface area is 145 Å². The summed E-state index contributed by atoms with van der Waals surface area (Å²) in [6, 6.07) is 6.85. The molecule has 1 atom stereocenters. The van der Waals surface area contributed by atoms with Crippen LogP contribution in [0.2, 0.25) is 0 Å². The summed E-state index contributed by atoms with van der Waals surface area (Å²) in [6.07, 6.45) is 9.84. The zero-order chi connectivity index (χ0) is 16.9. The van der Waals surface area contributed by atoms with E-state index in [1.54, 1.807) is 0 Å². The van der Waals surface area contributed by atoms with Gasteiger partial charge in [0.1, 0.15) is 0 Å². The third-order valence-corrected chi connectivity index (χ3v) is 5.85. The third-order valence-electron chi connectivity index (χ3n) is 5.85. The van der Waals surface area contributed by atoms with Gasteiger partial charge in [-0.25, -0.2) is 0 Å². The van der Waals surface area contributed by atoms with Crippen molar-refractivity contribution in [2.75, 3.05) is 18.0 Å². The van der Waals surface area contributed by atoms with Crippen molar-refractivity contribution in [3.8, 4) is 0 Å². The first kappa shape index (κ1) is 15.7. The van der Waals surface area contributed by atoms with Crippen molar-refractivity contribution in [1.29, 1.82) is 0 Å². The van der Waals surface area contributed by atoms with Crippen LogP contribution >= 0.6 is 0 Å². The van der Waals surface area contributed by atoms with E-state index in [-0.39, 0.29) is 5.41 Å². The maximum absolute atomic E-state index is 10.5. The highest BCUT2D eigenvalue weighted by molar-refractivity contribution is 5.86. The van der Waals surface area contributed by atoms with Crippen molar-refractivity contribution < 1.29 is 5.11 Å². The number of anilines is 1. The Morgan fingerprint density at radius 1 is 1.17 bits per heavy atom. The van der Waals surface area contributed by atoms with Gasteiger partial charge in [-0.15, -0.1) is 0 Å². The van der Waals surface area contributed by atoms with Gasteiger partial charge in [0.2, 0.25) is 0 Å². The van der Waals surface area contributed by atoms with Gasteiger partial charge in [-0.3, -0.25) is 0 Å². The first-order chi connectivity index (χ1) is 11.5. The highest BCUT2D eigenvalue weighted by Gasteiger charge is 2.38. The van der Waals surface area contributed by atoms with Crippen LogP contribution in [0.5, 0.6) is 0 Å². The number of aliphatic hydroxyl groups excluding tert-OH is 1. The quantitative estimate of drug-likeness (QED) is 0.860. The Morgan fingerprint density at radius 2 is 1.92 bits per heavy atom. The maximum Gasteiger partial charge on any atom is 0.0773 e. The highest BCUT2D eigenvalue weighted by Crippen LogP contribution is 2.49. The normalized spacial score (nSPS) is 23.0. The number of benzene rings is 1. The summed E-state index contributed by atoms with van der Waals surface area (Å²) in [5.41, 5.74) is 7.56. The molecule has 126 valence electrons. The van der Waals surface area contributed by atoms with Crippen LogP contribution in [0.1, 0.15) is 51.2 Å². The number of aliphatic hydroxyl groups is 1. The summed E-state index contributed by atoms with van der Waals surface area (Å²) in [5.74, 6) is 0. The molecule has 0 amide bonds. The van der Waals surface area contributed by atoms with Gasteiger partial charge >= 0.3 is 0 Å². The van der Waals surface area contributed by atoms with E-state index < -0.39 is 6.10 Å². The second-order valence-electron chi connectivity index (χ2n) is 7.81. The van der Waals surface area contributed by atoms with E-state index in [2.05, 4.69) is 55.2 Å². The van der Waals surface area contributed by atoms with Crippen LogP contribution < -0.4 is 4.90 Å². The van der Waals surface area contributed by atoms with Crippen molar-refractivity contribution in [3.63, 3.8) is 0 Å². The average molecular weight is 321 g/mol. The van der Waals surface area contributed by atoms with Gasteiger partial charge in [0.25, 0.3) is 0 Å². The molecule has 2 heteroatoms. The molecule has 24 heavy (non-hydrogen) atoms. The van der Waals surface area contributed by atoms with E-state index in [4.69, 9.17) is 0 Å². The fraction of sp³-hybridized carbons (Fsp3) is 0.455. The molecule has 0 bridgehead atoms. The lowest BCUT2D eigenvalue weighted by atomic mass is 9.64. The molecular weight excluding hydrogens is 294 g/mol. The van der Waals surface area contributed by atoms with Crippen LogP contribution in [-0.4, -0.2) is 24.3 Å². The summed E-state index contributed by atoms with van der Waals surface area (Å²) in [6.45, 7) is 8.86. The minimum atomic E-state index is -0.460. The zero-order valence-corrected chi connectivity index (χ0v) is 15.0. The second-order valence-corrected chi connectivity index (χ2v) is 7.81. The van der Waals surface area contributed by atoms with Gasteiger partial charge in [-0.2, -0.15) is 0 Å². The van der Waals surface area contributed by atoms with Crippen LogP contribution in [-0.2, 0) is 5.41 Å². The number of allylic oxidation sites excluding steroid dienone is 5. The smallest absolute Gasteiger partial charge is 0.0773 e. The van der Waals surface area contributed by atoms with Crippen molar-refractivity contribution in [2.45, 2.75) is 51.6 Å². The molecule has 2 nitrogen and oxygen atoms in total. The van der Waals surface area contributed by atoms with Crippen molar-refractivity contribution in [1.82, 2.24) is 0 Å². The summed E-state index contributed by atoms with van der Waals surface area (Å²) >= 11 is 0. The Kier molecular flexibility index (Phi) is 3.69. The molecule has 0 radical (unpaired) electrons. The summed E-state index contributed by atoms with van der Waals surface area (Å²) in [7, 11) is 0. The largest absolute Gasteiger partial charge is 0.389 e. The zero-order valence-electron chi connectivity index (χ0n) is 15.0. The van der Waals surface area contributed by atoms with E-state index in [1.807, 2.05) is 6.92 Å². The summed E-state index contributed by atoms with van der Waals surface area (Å²) in [5, 5.41) is 10.5. The molecular formula is C22H27NO. The van der Waals surface area contributed by atoms with Crippen LogP contribution in [0.15, 0.2) is 47.6 Å². The number of nitrogens with zero attached hydrogens (tertiary/aromatic N) is 1. The van der Waals surface area contributed by atoms with Gasteiger partial charge in [0, 0.05) is 24.2 Å². The molecule has 2 aliphatic carbocycles. The highest BCUT2D eigenvalue weighted by atomic mass is 16.3. The minimum Gasteiger partial charge on any atom is -0.389 e. The van der Waals surface area contributed by atoms with E-state index in [0.717, 1.165) is 25.1 Å². The number of rotatable bonds is 2. The van der Waals surface area contributed by atoms with Gasteiger partial charge in [0.15, 0.2) is 0 Å². The molecule has 1 aliphatic heterocycles. The van der Waals surface area contributed by atoms with Crippen LogP contribution in [0.4, 0.5) is 5.69 Å². The summed E-state index contributed by atoms with van der Waals surface area (Å²) < 4.78 is 0. The standard InChI is InChI=1S/C22H27NO/c1-15(24)21-17-8-4-5-9-19(17)22(2,3)20-14-16(10-11-18(20)21)23-12-6-7-13-23/h4,8-11,14-15,24H,5-7,12-13H2,1-3H3. The number of hydrogen-bond acceptors (Lipinski definition) is 2. The van der Waals surface area contributed by atoms with E-state index >= 15 is 0 Å². The topological polar surface area (TPSA) is 23.5 Å². The summed E-state index contributed by atoms with van der Waals surface area (Å²) in [4.78, 5) is 2.49. The van der Waals surface area contributed by atoms with Gasteiger partial charge in [0.05, 0.1) is 6.10 Å². The lowest BCUT2D eigenvalue weighted by Gasteiger charge is -2.40. The van der Waals surface area contributed by atoms with Gasteiger partial charge in [-0.1, -0.05) is 38.1 Å². The number of hydrogen-bond donors (Lipinski definition) is 1. The van der Waals surface area contributed by atoms with E-state index in [1.165, 1.54) is 40.8 Å². The van der Waals surface area contributed by atoms with Crippen molar-refractivity contribution in [3.05, 3.63) is 58.7 Å². The first-order valence-corrected chi connectivity index (χ1v) is 9.20. The van der Waals surface area contributed by atoms with Crippen molar-refractivity contribution >= 4 is 11.3 Å². The Morgan fingerprint density at radius 3 is 2.62 bits per heavy atom. The first-order valence-electron chi connectivity index (χ1n) is 9.20. The monoisotopic (exact) mass is 321 g/mol. The molecule has 0 saturated carbocycles. The SMILES string of the molecule is CC(O)C1=C2C=CCC=C2C(C)(C)c2cc(N3CCCC3)ccc21. The lowest BCUT2D eigenvalue weighted by molar-refractivity contribution is 0.252. The molecule has 1 saturated heterocycles. The Balaban J connectivity index is 1.93. The average Bonchev–Trinajstić information content (AvgIpc) is 3.09. The molecule has 0 aromatic heterocycles. The fourth-order valence-electron chi connectivity index (χ4n) is 4.59.